The van der Waals surface area contributed by atoms with Crippen LogP contribution in [0.3, 0.4) is 0 Å². The topological polar surface area (TPSA) is 32.7 Å². The minimum Gasteiger partial charge on any atom is -0.348 e. The van der Waals surface area contributed by atoms with Gasteiger partial charge in [0, 0.05) is 17.6 Å². The molecule has 1 fully saturated rings. The Morgan fingerprint density at radius 2 is 2.10 bits per heavy atom. The molecule has 3 nitrogen and oxygen atoms in total. The van der Waals surface area contributed by atoms with E-state index in [0.717, 1.165) is 17.3 Å². The Morgan fingerprint density at radius 1 is 1.33 bits per heavy atom. The number of carbonyl (C=O) groups excluding carboxylic acids is 1. The largest absolute Gasteiger partial charge is 0.348 e. The van der Waals surface area contributed by atoms with Crippen LogP contribution in [0.1, 0.15) is 31.7 Å². The average Bonchev–Trinajstić information content (AvgIpc) is 2.83. The molecule has 0 bridgehead atoms. The van der Waals surface area contributed by atoms with Crippen molar-refractivity contribution in [3.8, 4) is 0 Å². The highest BCUT2D eigenvalue weighted by Gasteiger charge is 2.29. The number of hydrogen-bond acceptors (Lipinski definition) is 3. The maximum absolute atomic E-state index is 12.1. The lowest BCUT2D eigenvalue weighted by Crippen LogP contribution is -2.40. The van der Waals surface area contributed by atoms with Crippen LogP contribution in [0.2, 0.25) is 5.02 Å². The molecule has 1 aromatic carbocycles. The number of hydrogen-bond donors (Lipinski definition) is 0. The molecular formula is C16H17ClN2OS. The Hall–Kier alpha value is -1.26. The van der Waals surface area contributed by atoms with E-state index in [-0.39, 0.29) is 5.91 Å². The summed E-state index contributed by atoms with van der Waals surface area (Å²) < 4.78 is 0. The highest BCUT2D eigenvalue weighted by atomic mass is 35.5. The first-order valence-electron chi connectivity index (χ1n) is 7.18. The molecule has 0 radical (unpaired) electrons. The van der Waals surface area contributed by atoms with E-state index in [2.05, 4.69) is 16.8 Å². The van der Waals surface area contributed by atoms with Crippen molar-refractivity contribution in [2.24, 2.45) is 4.99 Å². The summed E-state index contributed by atoms with van der Waals surface area (Å²) in [6.45, 7) is 3.20. The van der Waals surface area contributed by atoms with Gasteiger partial charge in [0.15, 0.2) is 5.17 Å². The first kappa shape index (κ1) is 14.7. The van der Waals surface area contributed by atoms with Gasteiger partial charge >= 0.3 is 0 Å². The molecule has 1 saturated heterocycles. The predicted octanol–water partition coefficient (Wildman–Crippen LogP) is 4.18. The van der Waals surface area contributed by atoms with E-state index in [1.54, 1.807) is 0 Å². The van der Waals surface area contributed by atoms with Crippen LogP contribution >= 0.6 is 23.4 Å². The van der Waals surface area contributed by atoms with E-state index in [9.17, 15) is 4.79 Å². The lowest BCUT2D eigenvalue weighted by molar-refractivity contribution is -0.113. The first-order valence-corrected chi connectivity index (χ1v) is 8.38. The summed E-state index contributed by atoms with van der Waals surface area (Å²) in [5.74, 6) is -0.136. The highest BCUT2D eigenvalue weighted by molar-refractivity contribution is 8.18. The van der Waals surface area contributed by atoms with Crippen LogP contribution in [0.5, 0.6) is 0 Å². The van der Waals surface area contributed by atoms with Gasteiger partial charge in [0.2, 0.25) is 0 Å². The van der Waals surface area contributed by atoms with Gasteiger partial charge in [-0.05, 0) is 61.7 Å². The van der Waals surface area contributed by atoms with E-state index in [1.165, 1.54) is 31.0 Å². The molecule has 0 aromatic heterocycles. The number of amides is 1. The minimum atomic E-state index is -0.136. The van der Waals surface area contributed by atoms with E-state index < -0.39 is 0 Å². The zero-order valence-corrected chi connectivity index (χ0v) is 13.5. The molecule has 21 heavy (non-hydrogen) atoms. The van der Waals surface area contributed by atoms with Crippen LogP contribution in [0.4, 0.5) is 0 Å². The van der Waals surface area contributed by atoms with E-state index in [0.29, 0.717) is 16.0 Å². The molecule has 0 aliphatic carbocycles. The zero-order valence-electron chi connectivity index (χ0n) is 11.9. The fourth-order valence-electron chi connectivity index (χ4n) is 2.61. The zero-order chi connectivity index (χ0) is 14.8. The van der Waals surface area contributed by atoms with Gasteiger partial charge in [0.05, 0.1) is 4.91 Å². The van der Waals surface area contributed by atoms with Gasteiger partial charge in [0.1, 0.15) is 0 Å². The van der Waals surface area contributed by atoms with Crippen LogP contribution in [0.25, 0.3) is 6.08 Å². The minimum absolute atomic E-state index is 0.136. The Bertz CT molecular complexity index is 609. The molecule has 1 atom stereocenters. The molecule has 5 heteroatoms. The molecule has 2 heterocycles. The summed E-state index contributed by atoms with van der Waals surface area (Å²) in [5.41, 5.74) is 0.971. The third-order valence-corrected chi connectivity index (χ3v) is 5.10. The maximum atomic E-state index is 12.1. The van der Waals surface area contributed by atoms with Gasteiger partial charge in [-0.15, -0.1) is 0 Å². The lowest BCUT2D eigenvalue weighted by atomic mass is 10.1. The van der Waals surface area contributed by atoms with Crippen molar-refractivity contribution in [2.75, 3.05) is 6.54 Å². The Kier molecular flexibility index (Phi) is 4.36. The number of rotatable bonds is 1. The number of nitrogens with zero attached hydrogens (tertiary/aromatic N) is 2. The molecular weight excluding hydrogens is 304 g/mol. The van der Waals surface area contributed by atoms with Crippen molar-refractivity contribution >= 4 is 40.5 Å². The third-order valence-electron chi connectivity index (χ3n) is 3.83. The second-order valence-electron chi connectivity index (χ2n) is 5.40. The number of benzene rings is 1. The number of piperidine rings is 1. The summed E-state index contributed by atoms with van der Waals surface area (Å²) in [5, 5.41) is 1.55. The second-order valence-corrected chi connectivity index (χ2v) is 6.85. The van der Waals surface area contributed by atoms with Gasteiger partial charge in [-0.1, -0.05) is 23.7 Å². The lowest BCUT2D eigenvalue weighted by Gasteiger charge is -2.34. The van der Waals surface area contributed by atoms with Crippen LogP contribution in [-0.4, -0.2) is 28.6 Å². The molecule has 0 unspecified atom stereocenters. The fourth-order valence-corrected chi connectivity index (χ4v) is 3.78. The molecule has 0 spiro atoms. The number of carbonyl (C=O) groups is 1. The first-order chi connectivity index (χ1) is 10.1. The summed E-state index contributed by atoms with van der Waals surface area (Å²) >= 11 is 7.36. The van der Waals surface area contributed by atoms with E-state index in [4.69, 9.17) is 11.6 Å². The number of halogens is 1. The molecule has 0 N–H and O–H groups in total. The molecule has 2 aliphatic rings. The average molecular weight is 321 g/mol. The van der Waals surface area contributed by atoms with E-state index in [1.807, 2.05) is 30.3 Å². The fraction of sp³-hybridized carbons (Fsp3) is 0.375. The summed E-state index contributed by atoms with van der Waals surface area (Å²) in [6.07, 6.45) is 5.49. The number of aliphatic imine (C=N–C) groups is 1. The van der Waals surface area contributed by atoms with Gasteiger partial charge < -0.3 is 4.90 Å². The van der Waals surface area contributed by atoms with Crippen molar-refractivity contribution in [1.29, 1.82) is 0 Å². The van der Waals surface area contributed by atoms with Crippen molar-refractivity contribution < 1.29 is 4.79 Å². The molecule has 0 saturated carbocycles. The maximum Gasteiger partial charge on any atom is 0.286 e. The van der Waals surface area contributed by atoms with Crippen molar-refractivity contribution in [2.45, 2.75) is 32.2 Å². The molecule has 1 amide bonds. The van der Waals surface area contributed by atoms with Crippen molar-refractivity contribution in [3.63, 3.8) is 0 Å². The number of thioether (sulfide) groups is 1. The number of likely N-dealkylation sites (tertiary alicyclic amines) is 1. The van der Waals surface area contributed by atoms with Crippen molar-refractivity contribution in [3.05, 3.63) is 39.8 Å². The molecule has 2 aliphatic heterocycles. The highest BCUT2D eigenvalue weighted by Crippen LogP contribution is 2.33. The van der Waals surface area contributed by atoms with Crippen LogP contribution < -0.4 is 0 Å². The monoisotopic (exact) mass is 320 g/mol. The van der Waals surface area contributed by atoms with Gasteiger partial charge in [-0.3, -0.25) is 4.79 Å². The Balaban J connectivity index is 1.76. The van der Waals surface area contributed by atoms with Crippen LogP contribution in [0, 0.1) is 0 Å². The standard InChI is InChI=1S/C16H17ClN2OS/c1-11-4-2-3-9-19(11)16-18-15(20)14(21-16)10-12-5-7-13(17)8-6-12/h5-8,10-11H,2-4,9H2,1H3/b14-10+/t11-/m1/s1. The van der Waals surface area contributed by atoms with Crippen LogP contribution in [-0.2, 0) is 4.79 Å². The smallest absolute Gasteiger partial charge is 0.286 e. The van der Waals surface area contributed by atoms with Crippen LogP contribution in [0.15, 0.2) is 34.2 Å². The van der Waals surface area contributed by atoms with Gasteiger partial charge in [0.25, 0.3) is 5.91 Å². The summed E-state index contributed by atoms with van der Waals surface area (Å²) in [6, 6.07) is 7.93. The number of amidine groups is 1. The van der Waals surface area contributed by atoms with Gasteiger partial charge in [-0.25, -0.2) is 0 Å². The van der Waals surface area contributed by atoms with E-state index >= 15 is 0 Å². The predicted molar refractivity (Wildman–Crippen MR) is 89.5 cm³/mol. The normalized spacial score (nSPS) is 24.6. The Morgan fingerprint density at radius 3 is 2.81 bits per heavy atom. The third kappa shape index (κ3) is 3.33. The SMILES string of the molecule is C[C@@H]1CCCCN1C1=NC(=O)/C(=C\c2ccc(Cl)cc2)S1. The summed E-state index contributed by atoms with van der Waals surface area (Å²) in [7, 11) is 0. The quantitative estimate of drug-likeness (QED) is 0.727. The Labute approximate surface area is 134 Å². The van der Waals surface area contributed by atoms with Crippen molar-refractivity contribution in [1.82, 2.24) is 4.90 Å². The molecule has 1 aromatic rings. The summed E-state index contributed by atoms with van der Waals surface area (Å²) in [4.78, 5) is 19.2. The second kappa shape index (κ2) is 6.24. The molecule has 3 rings (SSSR count). The van der Waals surface area contributed by atoms with Gasteiger partial charge in [-0.2, -0.15) is 4.99 Å². The molecule has 110 valence electrons.